The molecule has 0 amide bonds. The van der Waals surface area contributed by atoms with Crippen LogP contribution in [0.15, 0.2) is 24.7 Å². The monoisotopic (exact) mass is 296 g/mol. The van der Waals surface area contributed by atoms with Gasteiger partial charge in [-0.15, -0.1) is 0 Å². The van der Waals surface area contributed by atoms with Crippen LogP contribution in [-0.2, 0) is 0 Å². The van der Waals surface area contributed by atoms with Crippen LogP contribution >= 0.6 is 0 Å². The first-order valence-corrected chi connectivity index (χ1v) is 5.21. The molecule has 0 spiro atoms. The molecule has 1 N–H and O–H groups in total. The zero-order valence-corrected chi connectivity index (χ0v) is 9.96. The van der Waals surface area contributed by atoms with Gasteiger partial charge in [0.15, 0.2) is 0 Å². The first kappa shape index (κ1) is 14.0. The lowest BCUT2D eigenvalue weighted by Crippen LogP contribution is -2.06. The summed E-state index contributed by atoms with van der Waals surface area (Å²) in [7, 11) is 0. The molecule has 21 heavy (non-hydrogen) atoms. The molecule has 0 saturated carbocycles. The first-order chi connectivity index (χ1) is 9.81. The van der Waals surface area contributed by atoms with Gasteiger partial charge in [0.25, 0.3) is 5.69 Å². The van der Waals surface area contributed by atoms with E-state index in [1.165, 1.54) is 0 Å². The molecule has 0 radical (unpaired) electrons. The Balaban J connectivity index is 2.69. The lowest BCUT2D eigenvalue weighted by molar-refractivity contribution is -0.389. The number of carbonyl (C=O) groups is 1. The molecule has 0 unspecified atom stereocenters. The minimum atomic E-state index is -1.63. The molecule has 1 aromatic heterocycles. The zero-order valence-electron chi connectivity index (χ0n) is 9.96. The van der Waals surface area contributed by atoms with Gasteiger partial charge in [0, 0.05) is 0 Å². The second kappa shape index (κ2) is 4.96. The Morgan fingerprint density at radius 1 is 1.29 bits per heavy atom. The van der Waals surface area contributed by atoms with E-state index in [0.29, 0.717) is 12.1 Å². The van der Waals surface area contributed by atoms with Gasteiger partial charge < -0.3 is 15.2 Å². The maximum absolute atomic E-state index is 13.5. The molecule has 0 aliphatic carbocycles. The van der Waals surface area contributed by atoms with Crippen LogP contribution in [0.25, 0.3) is 5.69 Å². The van der Waals surface area contributed by atoms with Crippen LogP contribution in [0.4, 0.5) is 15.9 Å². The fourth-order valence-corrected chi connectivity index (χ4v) is 1.61. The van der Waals surface area contributed by atoms with Gasteiger partial charge in [0.05, 0.1) is 16.6 Å². The molecule has 0 bridgehead atoms. The second-order valence-corrected chi connectivity index (χ2v) is 3.78. The number of aromatic carboxylic acids is 1. The predicted octanol–water partition coefficient (Wildman–Crippen LogP) is 1.53. The number of aromatic nitrogens is 2. The van der Waals surface area contributed by atoms with Crippen molar-refractivity contribution in [2.75, 3.05) is 0 Å². The number of hydrogen-bond acceptors (Lipinski definition) is 6. The Morgan fingerprint density at radius 2 is 1.95 bits per heavy atom. The van der Waals surface area contributed by atoms with Crippen molar-refractivity contribution >= 4 is 17.5 Å². The molecule has 0 atom stereocenters. The molecular weight excluding hydrogens is 291 g/mol. The lowest BCUT2D eigenvalue weighted by atomic mass is 10.1. The lowest BCUT2D eigenvalue weighted by Gasteiger charge is -2.05. The second-order valence-electron chi connectivity index (χ2n) is 3.78. The van der Waals surface area contributed by atoms with Gasteiger partial charge in [0.2, 0.25) is 6.33 Å². The summed E-state index contributed by atoms with van der Waals surface area (Å²) < 4.78 is 14.3. The molecule has 0 fully saturated rings. The summed E-state index contributed by atoms with van der Waals surface area (Å²) >= 11 is 0. The van der Waals surface area contributed by atoms with Gasteiger partial charge in [-0.2, -0.15) is 0 Å². The quantitative estimate of drug-likeness (QED) is 0.665. The molecule has 11 heteroatoms. The van der Waals surface area contributed by atoms with Crippen LogP contribution in [0.3, 0.4) is 0 Å². The zero-order chi connectivity index (χ0) is 15.7. The molecule has 0 saturated heterocycles. The number of nitrogens with zero attached hydrogens (tertiary/aromatic N) is 4. The standard InChI is InChI=1S/C10H5FN4O6/c11-6-2-8(14(18)19)7(1-5(6)10(16)17)13-3-9(12-4-13)15(20)21/h1-4H,(H,16,17). The number of halogens is 1. The molecule has 0 aliphatic rings. The fraction of sp³-hybridized carbons (Fsp3) is 0. The van der Waals surface area contributed by atoms with E-state index < -0.39 is 38.7 Å². The number of imidazole rings is 1. The van der Waals surface area contributed by atoms with Crippen molar-refractivity contribution in [3.05, 3.63) is 56.3 Å². The summed E-state index contributed by atoms with van der Waals surface area (Å²) in [5.74, 6) is -3.50. The van der Waals surface area contributed by atoms with E-state index >= 15 is 0 Å². The Labute approximate surface area is 114 Å². The number of hydrogen-bond donors (Lipinski definition) is 1. The minimum absolute atomic E-state index is 0.348. The van der Waals surface area contributed by atoms with Gasteiger partial charge >= 0.3 is 11.8 Å². The van der Waals surface area contributed by atoms with Gasteiger partial charge in [0.1, 0.15) is 17.7 Å². The summed E-state index contributed by atoms with van der Waals surface area (Å²) in [5.41, 5.74) is -1.89. The highest BCUT2D eigenvalue weighted by Gasteiger charge is 2.24. The molecule has 108 valence electrons. The topological polar surface area (TPSA) is 141 Å². The maximum atomic E-state index is 13.5. The molecular formula is C10H5FN4O6. The normalized spacial score (nSPS) is 10.3. The highest BCUT2D eigenvalue weighted by Crippen LogP contribution is 2.27. The summed E-state index contributed by atoms with van der Waals surface area (Å²) in [6.45, 7) is 0. The van der Waals surface area contributed by atoms with E-state index in [1.54, 1.807) is 0 Å². The predicted molar refractivity (Wildman–Crippen MR) is 63.8 cm³/mol. The Morgan fingerprint density at radius 3 is 2.43 bits per heavy atom. The average molecular weight is 296 g/mol. The highest BCUT2D eigenvalue weighted by atomic mass is 19.1. The molecule has 0 aliphatic heterocycles. The van der Waals surface area contributed by atoms with E-state index in [2.05, 4.69) is 4.98 Å². The van der Waals surface area contributed by atoms with Crippen LogP contribution < -0.4 is 0 Å². The molecule has 2 aromatic rings. The van der Waals surface area contributed by atoms with Crippen molar-refractivity contribution in [3.63, 3.8) is 0 Å². The third-order valence-corrected chi connectivity index (χ3v) is 2.53. The molecule has 1 aromatic carbocycles. The summed E-state index contributed by atoms with van der Waals surface area (Å²) in [6.07, 6.45) is 1.75. The first-order valence-electron chi connectivity index (χ1n) is 5.21. The molecule has 1 heterocycles. The Bertz CT molecular complexity index is 771. The van der Waals surface area contributed by atoms with Crippen molar-refractivity contribution in [3.8, 4) is 5.69 Å². The Kier molecular flexibility index (Phi) is 3.32. The summed E-state index contributed by atoms with van der Waals surface area (Å²) in [5, 5.41) is 30.2. The van der Waals surface area contributed by atoms with Gasteiger partial charge in [-0.05, 0) is 16.0 Å². The number of carboxylic acids is 1. The number of nitro benzene ring substituents is 1. The van der Waals surface area contributed by atoms with E-state index in [0.717, 1.165) is 17.1 Å². The van der Waals surface area contributed by atoms with Gasteiger partial charge in [-0.1, -0.05) is 0 Å². The van der Waals surface area contributed by atoms with Crippen molar-refractivity contribution in [1.82, 2.24) is 9.55 Å². The van der Waals surface area contributed by atoms with Crippen molar-refractivity contribution < 1.29 is 24.1 Å². The van der Waals surface area contributed by atoms with Crippen molar-refractivity contribution in [2.45, 2.75) is 0 Å². The van der Waals surface area contributed by atoms with E-state index in [4.69, 9.17) is 5.11 Å². The van der Waals surface area contributed by atoms with Crippen LogP contribution in [0.1, 0.15) is 10.4 Å². The van der Waals surface area contributed by atoms with Crippen LogP contribution in [0, 0.1) is 26.0 Å². The number of nitro groups is 2. The third kappa shape index (κ3) is 2.51. The van der Waals surface area contributed by atoms with Gasteiger partial charge in [-0.25, -0.2) is 9.18 Å². The van der Waals surface area contributed by atoms with Crippen LogP contribution in [0.2, 0.25) is 0 Å². The highest BCUT2D eigenvalue weighted by molar-refractivity contribution is 5.89. The largest absolute Gasteiger partial charge is 0.478 e. The minimum Gasteiger partial charge on any atom is -0.478 e. The van der Waals surface area contributed by atoms with Gasteiger partial charge in [-0.3, -0.25) is 14.7 Å². The number of rotatable bonds is 4. The van der Waals surface area contributed by atoms with Crippen LogP contribution in [0.5, 0.6) is 0 Å². The summed E-state index contributed by atoms with van der Waals surface area (Å²) in [6, 6.07) is 1.14. The molecule has 2 rings (SSSR count). The SMILES string of the molecule is O=C(O)c1cc(-n2cnc([N+](=O)[O-])c2)c([N+](=O)[O-])cc1F. The third-order valence-electron chi connectivity index (χ3n) is 2.53. The van der Waals surface area contributed by atoms with Crippen molar-refractivity contribution in [1.29, 1.82) is 0 Å². The smallest absolute Gasteiger partial charge is 0.381 e. The maximum Gasteiger partial charge on any atom is 0.381 e. The van der Waals surface area contributed by atoms with E-state index in [1.807, 2.05) is 0 Å². The van der Waals surface area contributed by atoms with Crippen molar-refractivity contribution in [2.24, 2.45) is 0 Å². The average Bonchev–Trinajstić information content (AvgIpc) is 2.87. The fourth-order valence-electron chi connectivity index (χ4n) is 1.61. The van der Waals surface area contributed by atoms with Crippen LogP contribution in [-0.4, -0.2) is 30.5 Å². The summed E-state index contributed by atoms with van der Waals surface area (Å²) in [4.78, 5) is 33.9. The number of carboxylic acid groups (broad SMARTS) is 1. The molecule has 10 nitrogen and oxygen atoms in total. The number of benzene rings is 1. The van der Waals surface area contributed by atoms with E-state index in [9.17, 15) is 29.4 Å². The Hall–Kier alpha value is -3.37. The van der Waals surface area contributed by atoms with E-state index in [-0.39, 0.29) is 5.69 Å².